The maximum atomic E-state index is 11.2. The van der Waals surface area contributed by atoms with Crippen LogP contribution in [0, 0.1) is 0 Å². The van der Waals surface area contributed by atoms with Gasteiger partial charge in [0, 0.05) is 11.8 Å². The van der Waals surface area contributed by atoms with Gasteiger partial charge >= 0.3 is 0 Å². The van der Waals surface area contributed by atoms with E-state index in [1.165, 1.54) is 0 Å². The van der Waals surface area contributed by atoms with E-state index in [4.69, 9.17) is 4.42 Å². The van der Waals surface area contributed by atoms with Crippen molar-refractivity contribution in [2.24, 2.45) is 0 Å². The fourth-order valence-electron chi connectivity index (χ4n) is 1.31. The van der Waals surface area contributed by atoms with Gasteiger partial charge in [-0.25, -0.2) is 0 Å². The molecule has 1 aromatic carbocycles. The molecule has 0 saturated heterocycles. The van der Waals surface area contributed by atoms with E-state index in [0.29, 0.717) is 6.42 Å². The van der Waals surface area contributed by atoms with Gasteiger partial charge in [0.05, 0.1) is 5.69 Å². The highest BCUT2D eigenvalue weighted by Gasteiger charge is 2.06. The normalized spacial score (nSPS) is 10.4. The number of hydrogen-bond donors (Lipinski definition) is 1. The number of amides is 1. The molecule has 0 bridgehead atoms. The number of benzene rings is 1. The lowest BCUT2D eigenvalue weighted by Crippen LogP contribution is -2.08. The zero-order chi connectivity index (χ0) is 9.97. The number of carbonyl (C=O) groups is 1. The first-order valence-corrected chi connectivity index (χ1v) is 4.57. The van der Waals surface area contributed by atoms with E-state index in [1.807, 2.05) is 31.2 Å². The molecule has 3 heteroatoms. The Bertz CT molecular complexity index is 459. The van der Waals surface area contributed by atoms with Crippen molar-refractivity contribution in [1.82, 2.24) is 0 Å². The number of anilines is 1. The number of fused-ring (bicyclic) bond motifs is 1. The Morgan fingerprint density at radius 1 is 1.43 bits per heavy atom. The summed E-state index contributed by atoms with van der Waals surface area (Å²) in [4.78, 5) is 11.2. The third-order valence-corrected chi connectivity index (χ3v) is 2.08. The molecule has 0 unspecified atom stereocenters. The Kier molecular flexibility index (Phi) is 2.23. The van der Waals surface area contributed by atoms with Gasteiger partial charge in [-0.3, -0.25) is 4.79 Å². The second-order valence-electron chi connectivity index (χ2n) is 3.05. The second kappa shape index (κ2) is 3.54. The summed E-state index contributed by atoms with van der Waals surface area (Å²) in [5.74, 6) is -0.00319. The highest BCUT2D eigenvalue weighted by Crippen LogP contribution is 2.25. The van der Waals surface area contributed by atoms with E-state index in [0.717, 1.165) is 16.7 Å². The molecule has 1 aromatic heterocycles. The zero-order valence-corrected chi connectivity index (χ0v) is 7.91. The third-order valence-electron chi connectivity index (χ3n) is 2.08. The summed E-state index contributed by atoms with van der Waals surface area (Å²) in [5.41, 5.74) is 1.53. The largest absolute Gasteiger partial charge is 0.462 e. The van der Waals surface area contributed by atoms with Crippen LogP contribution in [-0.4, -0.2) is 5.91 Å². The fraction of sp³-hybridized carbons (Fsp3) is 0.182. The smallest absolute Gasteiger partial charge is 0.224 e. The summed E-state index contributed by atoms with van der Waals surface area (Å²) in [6, 6.07) is 7.61. The molecule has 1 amide bonds. The predicted octanol–water partition coefficient (Wildman–Crippen LogP) is 2.78. The van der Waals surface area contributed by atoms with Gasteiger partial charge in [0.1, 0.15) is 11.8 Å². The predicted molar refractivity (Wildman–Crippen MR) is 55.1 cm³/mol. The second-order valence-corrected chi connectivity index (χ2v) is 3.05. The van der Waals surface area contributed by atoms with Crippen molar-refractivity contribution < 1.29 is 9.21 Å². The van der Waals surface area contributed by atoms with Crippen LogP contribution in [0.4, 0.5) is 5.69 Å². The van der Waals surface area contributed by atoms with Crippen molar-refractivity contribution >= 4 is 22.6 Å². The lowest BCUT2D eigenvalue weighted by Gasteiger charge is -1.98. The minimum Gasteiger partial charge on any atom is -0.462 e. The first kappa shape index (κ1) is 8.81. The van der Waals surface area contributed by atoms with Gasteiger partial charge in [-0.1, -0.05) is 19.1 Å². The number of carbonyl (C=O) groups excluding carboxylic acids is 1. The van der Waals surface area contributed by atoms with Crippen molar-refractivity contribution in [2.45, 2.75) is 13.3 Å². The third kappa shape index (κ3) is 1.48. The molecule has 2 aromatic rings. The average Bonchev–Trinajstić information content (AvgIpc) is 2.62. The van der Waals surface area contributed by atoms with Crippen LogP contribution in [0.15, 0.2) is 34.9 Å². The maximum absolute atomic E-state index is 11.2. The molecule has 1 N–H and O–H groups in total. The number of nitrogens with one attached hydrogen (secondary N) is 1. The van der Waals surface area contributed by atoms with E-state index in [-0.39, 0.29) is 5.91 Å². The minimum atomic E-state index is -0.00319. The molecule has 0 spiro atoms. The Morgan fingerprint density at radius 3 is 3.00 bits per heavy atom. The van der Waals surface area contributed by atoms with Gasteiger partial charge in [-0.2, -0.15) is 0 Å². The summed E-state index contributed by atoms with van der Waals surface area (Å²) < 4.78 is 5.28. The van der Waals surface area contributed by atoms with Gasteiger partial charge in [-0.05, 0) is 12.1 Å². The van der Waals surface area contributed by atoms with Crippen LogP contribution in [0.1, 0.15) is 13.3 Å². The molecular weight excluding hydrogens is 178 g/mol. The molecule has 0 saturated carbocycles. The quantitative estimate of drug-likeness (QED) is 0.789. The molecule has 0 aliphatic carbocycles. The standard InChI is InChI=1S/C11H11NO2/c1-2-11(13)12-9-7-14-10-6-4-3-5-8(9)10/h3-7H,2H2,1H3,(H,12,13). The van der Waals surface area contributed by atoms with Gasteiger partial charge in [-0.15, -0.1) is 0 Å². The van der Waals surface area contributed by atoms with E-state index in [1.54, 1.807) is 6.26 Å². The van der Waals surface area contributed by atoms with Crippen molar-refractivity contribution in [3.63, 3.8) is 0 Å². The molecule has 0 atom stereocenters. The van der Waals surface area contributed by atoms with Gasteiger partial charge < -0.3 is 9.73 Å². The van der Waals surface area contributed by atoms with Crippen LogP contribution < -0.4 is 5.32 Å². The molecule has 1 heterocycles. The number of furan rings is 1. The number of para-hydroxylation sites is 1. The van der Waals surface area contributed by atoms with Gasteiger partial charge in [0.15, 0.2) is 0 Å². The number of hydrogen-bond acceptors (Lipinski definition) is 2. The Hall–Kier alpha value is -1.77. The lowest BCUT2D eigenvalue weighted by molar-refractivity contribution is -0.115. The monoisotopic (exact) mass is 189 g/mol. The van der Waals surface area contributed by atoms with Crippen molar-refractivity contribution in [2.75, 3.05) is 5.32 Å². The van der Waals surface area contributed by atoms with Crippen molar-refractivity contribution in [1.29, 1.82) is 0 Å². The van der Waals surface area contributed by atoms with E-state index >= 15 is 0 Å². The van der Waals surface area contributed by atoms with Crippen LogP contribution in [0.25, 0.3) is 11.0 Å². The molecule has 0 radical (unpaired) electrons. The van der Waals surface area contributed by atoms with E-state index < -0.39 is 0 Å². The number of rotatable bonds is 2. The Labute approximate surface area is 81.7 Å². The van der Waals surface area contributed by atoms with Gasteiger partial charge in [0.25, 0.3) is 0 Å². The Morgan fingerprint density at radius 2 is 2.21 bits per heavy atom. The van der Waals surface area contributed by atoms with Crippen LogP contribution in [-0.2, 0) is 4.79 Å². The van der Waals surface area contributed by atoms with E-state index in [9.17, 15) is 4.79 Å². The molecule has 0 aliphatic heterocycles. The van der Waals surface area contributed by atoms with Crippen molar-refractivity contribution in [3.05, 3.63) is 30.5 Å². The molecule has 72 valence electrons. The summed E-state index contributed by atoms with van der Waals surface area (Å²) >= 11 is 0. The molecule has 3 nitrogen and oxygen atoms in total. The van der Waals surface area contributed by atoms with Crippen LogP contribution >= 0.6 is 0 Å². The average molecular weight is 189 g/mol. The lowest BCUT2D eigenvalue weighted by atomic mass is 10.2. The van der Waals surface area contributed by atoms with Crippen LogP contribution in [0.3, 0.4) is 0 Å². The zero-order valence-electron chi connectivity index (χ0n) is 7.91. The Balaban J connectivity index is 2.38. The summed E-state index contributed by atoms with van der Waals surface area (Å²) in [5, 5.41) is 3.72. The molecular formula is C11H11NO2. The maximum Gasteiger partial charge on any atom is 0.224 e. The SMILES string of the molecule is CCC(=O)Nc1coc2ccccc12. The van der Waals surface area contributed by atoms with Crippen molar-refractivity contribution in [3.8, 4) is 0 Å². The van der Waals surface area contributed by atoms with Gasteiger partial charge in [0.2, 0.25) is 5.91 Å². The molecule has 0 fully saturated rings. The summed E-state index contributed by atoms with van der Waals surface area (Å²) in [6.07, 6.45) is 2.04. The molecule has 2 rings (SSSR count). The topological polar surface area (TPSA) is 42.2 Å². The summed E-state index contributed by atoms with van der Waals surface area (Å²) in [6.45, 7) is 1.82. The highest BCUT2D eigenvalue weighted by molar-refractivity contribution is 6.00. The molecule has 0 aliphatic rings. The minimum absolute atomic E-state index is 0.00319. The van der Waals surface area contributed by atoms with Crippen LogP contribution in [0.2, 0.25) is 0 Å². The molecule has 14 heavy (non-hydrogen) atoms. The first-order valence-electron chi connectivity index (χ1n) is 4.57. The van der Waals surface area contributed by atoms with Crippen LogP contribution in [0.5, 0.6) is 0 Å². The van der Waals surface area contributed by atoms with E-state index in [2.05, 4.69) is 5.32 Å². The summed E-state index contributed by atoms with van der Waals surface area (Å²) in [7, 11) is 0. The fourth-order valence-corrected chi connectivity index (χ4v) is 1.31. The first-order chi connectivity index (χ1) is 6.81. The highest BCUT2D eigenvalue weighted by atomic mass is 16.3.